The highest BCUT2D eigenvalue weighted by molar-refractivity contribution is 7.90. The third-order valence-electron chi connectivity index (χ3n) is 11.3. The summed E-state index contributed by atoms with van der Waals surface area (Å²) >= 11 is 6.56. The molecule has 4 aliphatic rings. The summed E-state index contributed by atoms with van der Waals surface area (Å²) in [5.74, 6) is -2.39. The molecule has 1 N–H and O–H groups in total. The van der Waals surface area contributed by atoms with Crippen LogP contribution >= 0.6 is 11.6 Å². The van der Waals surface area contributed by atoms with Crippen LogP contribution in [0.3, 0.4) is 0 Å². The Morgan fingerprint density at radius 1 is 1.09 bits per heavy atom. The number of benzene rings is 1. The average molecular weight is 786 g/mol. The molecule has 54 heavy (non-hydrogen) atoms. The van der Waals surface area contributed by atoms with Crippen molar-refractivity contribution >= 4 is 56.0 Å². The van der Waals surface area contributed by atoms with E-state index in [4.69, 9.17) is 25.8 Å². The highest BCUT2D eigenvalue weighted by atomic mass is 35.5. The second-order valence-electron chi connectivity index (χ2n) is 16.7. The van der Waals surface area contributed by atoms with Crippen LogP contribution in [0, 0.1) is 29.1 Å². The minimum Gasteiger partial charge on any atom is -0.494 e. The number of ether oxygens (including phenoxy) is 3. The number of rotatable bonds is 8. The molecule has 14 heteroatoms. The van der Waals surface area contributed by atoms with Crippen molar-refractivity contribution in [2.75, 3.05) is 13.7 Å². The maximum atomic E-state index is 14.8. The summed E-state index contributed by atoms with van der Waals surface area (Å²) < 4.78 is 45.8. The van der Waals surface area contributed by atoms with Gasteiger partial charge in [0.25, 0.3) is 0 Å². The van der Waals surface area contributed by atoms with Gasteiger partial charge in [-0.3, -0.25) is 23.9 Å². The molecular formula is C40H52ClN3O9S. The zero-order valence-corrected chi connectivity index (χ0v) is 33.5. The first-order valence-corrected chi connectivity index (χ1v) is 20.9. The fourth-order valence-corrected chi connectivity index (χ4v) is 9.64. The summed E-state index contributed by atoms with van der Waals surface area (Å²) in [6.07, 6.45) is 8.05. The molecule has 1 unspecified atom stereocenters. The van der Waals surface area contributed by atoms with Crippen LogP contribution in [0.25, 0.3) is 10.8 Å². The zero-order chi connectivity index (χ0) is 39.2. The number of aromatic nitrogens is 1. The standard InChI is InChI=1S/C40H52ClN3O9S/c1-23-9-7-10-24(2)29(18-34(46)53-39(3,4)5)37(47)44-22-26(52-36-28-11-8-12-30(41)35(28)33(51-6)21-42-36)17-31(44)32(45)20-40(19-25(40)14-13-23)38(48)43-54(49,50)27-15-16-27/h8,11-14,21,23-27,29,31H,7,9-10,15-20,22H2,1-6H3,(H,43,48)/b14-13-/t23-,24-,25-,26-,29+,31?,40-/m1/s1. The number of allylic oxidation sites excluding steroid dienone is 2. The van der Waals surface area contributed by atoms with Gasteiger partial charge in [-0.25, -0.2) is 13.4 Å². The molecular weight excluding hydrogens is 734 g/mol. The van der Waals surface area contributed by atoms with Crippen molar-refractivity contribution in [3.05, 3.63) is 41.6 Å². The molecule has 2 saturated carbocycles. The lowest BCUT2D eigenvalue weighted by atomic mass is 9.84. The van der Waals surface area contributed by atoms with Gasteiger partial charge in [0.15, 0.2) is 5.78 Å². The van der Waals surface area contributed by atoms with Crippen molar-refractivity contribution in [3.63, 3.8) is 0 Å². The van der Waals surface area contributed by atoms with Gasteiger partial charge < -0.3 is 19.1 Å². The first kappa shape index (κ1) is 40.0. The van der Waals surface area contributed by atoms with Crippen molar-refractivity contribution in [1.29, 1.82) is 0 Å². The number of hydrogen-bond donors (Lipinski definition) is 1. The Morgan fingerprint density at radius 3 is 2.52 bits per heavy atom. The van der Waals surface area contributed by atoms with E-state index >= 15 is 0 Å². The SMILES string of the molecule is COc1cnc(O[C@@H]2CC3C(=O)C[C@]4(C(=O)NS(=O)(=O)C5CC5)C[C@H]4/C=C\[C@H](C)CCC[C@@H](C)[C@H](CC(=O)OC(C)(C)C)C(=O)N3C2)c2cccc(Cl)c12. The van der Waals surface area contributed by atoms with Crippen molar-refractivity contribution < 1.29 is 41.8 Å². The van der Waals surface area contributed by atoms with Crippen LogP contribution in [0.2, 0.25) is 5.02 Å². The topological polar surface area (TPSA) is 158 Å². The number of methoxy groups -OCH3 is 1. The molecule has 1 aromatic carbocycles. The molecule has 2 aliphatic carbocycles. The van der Waals surface area contributed by atoms with E-state index in [1.807, 2.05) is 19.1 Å². The van der Waals surface area contributed by atoms with Crippen LogP contribution in [-0.2, 0) is 33.9 Å². The van der Waals surface area contributed by atoms with Gasteiger partial charge in [0.1, 0.15) is 17.5 Å². The largest absolute Gasteiger partial charge is 0.494 e. The number of ketones is 1. The number of nitrogens with one attached hydrogen (secondary N) is 1. The highest BCUT2D eigenvalue weighted by Gasteiger charge is 2.61. The van der Waals surface area contributed by atoms with Gasteiger partial charge >= 0.3 is 5.97 Å². The van der Waals surface area contributed by atoms with E-state index in [0.29, 0.717) is 47.2 Å². The highest BCUT2D eigenvalue weighted by Crippen LogP contribution is 2.57. The zero-order valence-electron chi connectivity index (χ0n) is 31.9. The number of amides is 2. The van der Waals surface area contributed by atoms with Crippen LogP contribution in [0.1, 0.15) is 92.4 Å². The third-order valence-corrected chi connectivity index (χ3v) is 13.4. The van der Waals surface area contributed by atoms with Crippen LogP contribution in [0.4, 0.5) is 0 Å². The van der Waals surface area contributed by atoms with Gasteiger partial charge in [-0.2, -0.15) is 0 Å². The molecule has 1 aromatic heterocycles. The molecule has 12 nitrogen and oxygen atoms in total. The molecule has 3 heterocycles. The number of sulfonamides is 1. The van der Waals surface area contributed by atoms with Crippen LogP contribution in [-0.4, -0.2) is 78.5 Å². The first-order valence-electron chi connectivity index (χ1n) is 19.0. The normalized spacial score (nSPS) is 30.0. The summed E-state index contributed by atoms with van der Waals surface area (Å²) in [4.78, 5) is 62.5. The van der Waals surface area contributed by atoms with Crippen molar-refractivity contribution in [2.45, 2.75) is 115 Å². The third kappa shape index (κ3) is 8.72. The van der Waals surface area contributed by atoms with Crippen molar-refractivity contribution in [1.82, 2.24) is 14.6 Å². The van der Waals surface area contributed by atoms with E-state index < -0.39 is 56.2 Å². The molecule has 2 aromatic rings. The molecule has 294 valence electrons. The Morgan fingerprint density at radius 2 is 1.83 bits per heavy atom. The number of Topliss-reactive ketones (excluding diaryl/α,β-unsaturated/α-hetero) is 1. The average Bonchev–Trinajstić information content (AvgIpc) is 4.02. The fraction of sp³-hybridized carbons (Fsp3) is 0.625. The number of hydrogen-bond acceptors (Lipinski definition) is 10. The summed E-state index contributed by atoms with van der Waals surface area (Å²) in [6.45, 7) is 9.37. The second kappa shape index (κ2) is 15.4. The fourth-order valence-electron chi connectivity index (χ4n) is 7.98. The first-order chi connectivity index (χ1) is 25.4. The van der Waals surface area contributed by atoms with Gasteiger partial charge in [-0.05, 0) is 82.8 Å². The van der Waals surface area contributed by atoms with Gasteiger partial charge in [0.2, 0.25) is 27.7 Å². The molecule has 2 amide bonds. The van der Waals surface area contributed by atoms with E-state index in [0.717, 1.165) is 12.8 Å². The number of pyridine rings is 1. The molecule has 3 fully saturated rings. The molecule has 6 rings (SSSR count). The van der Waals surface area contributed by atoms with Gasteiger partial charge in [-0.1, -0.05) is 50.1 Å². The second-order valence-corrected chi connectivity index (χ2v) is 19.1. The molecule has 1 saturated heterocycles. The minimum absolute atomic E-state index is 0.0260. The van der Waals surface area contributed by atoms with Crippen LogP contribution in [0.5, 0.6) is 11.6 Å². The smallest absolute Gasteiger partial charge is 0.307 e. The number of nitrogens with zero attached hydrogens (tertiary/aromatic N) is 2. The summed E-state index contributed by atoms with van der Waals surface area (Å²) in [7, 11) is -2.35. The number of esters is 1. The van der Waals surface area contributed by atoms with Gasteiger partial charge in [-0.15, -0.1) is 0 Å². The van der Waals surface area contributed by atoms with E-state index in [2.05, 4.69) is 16.6 Å². The van der Waals surface area contributed by atoms with Gasteiger partial charge in [0, 0.05) is 23.6 Å². The Bertz CT molecular complexity index is 1940. The summed E-state index contributed by atoms with van der Waals surface area (Å²) in [6, 6.07) is 4.30. The predicted octanol–water partition coefficient (Wildman–Crippen LogP) is 6.18. The number of halogens is 1. The lowest BCUT2D eigenvalue weighted by molar-refractivity contribution is -0.159. The number of carbonyl (C=O) groups excluding carboxylic acids is 4. The molecule has 7 atom stereocenters. The van der Waals surface area contributed by atoms with E-state index in [9.17, 15) is 27.6 Å². The Kier molecular flexibility index (Phi) is 11.4. The van der Waals surface area contributed by atoms with Crippen LogP contribution in [0.15, 0.2) is 36.5 Å². The van der Waals surface area contributed by atoms with E-state index in [1.54, 1.807) is 39.0 Å². The molecule has 0 spiro atoms. The Labute approximate surface area is 322 Å². The maximum Gasteiger partial charge on any atom is 0.307 e. The molecule has 0 bridgehead atoms. The van der Waals surface area contributed by atoms with Crippen LogP contribution < -0.4 is 14.2 Å². The number of carbonyl (C=O) groups is 4. The van der Waals surface area contributed by atoms with E-state index in [-0.39, 0.29) is 61.1 Å². The molecule has 0 radical (unpaired) electrons. The van der Waals surface area contributed by atoms with E-state index in [1.165, 1.54) is 18.2 Å². The predicted molar refractivity (Wildman–Crippen MR) is 203 cm³/mol. The molecule has 2 aliphatic heterocycles. The van der Waals surface area contributed by atoms with Gasteiger partial charge in [0.05, 0.1) is 53.9 Å². The summed E-state index contributed by atoms with van der Waals surface area (Å²) in [5.41, 5.74) is -2.02. The maximum absolute atomic E-state index is 14.8. The Hall–Kier alpha value is -3.71. The van der Waals surface area contributed by atoms with Crippen molar-refractivity contribution in [2.24, 2.45) is 29.1 Å². The monoisotopic (exact) mass is 785 g/mol. The summed E-state index contributed by atoms with van der Waals surface area (Å²) in [5, 5.41) is 1.03. The minimum atomic E-state index is -3.86. The number of fused-ring (bicyclic) bond motifs is 3. The lowest BCUT2D eigenvalue weighted by Crippen LogP contribution is -2.47. The van der Waals surface area contributed by atoms with Crippen molar-refractivity contribution in [3.8, 4) is 11.6 Å². The Balaban J connectivity index is 1.35. The lowest BCUT2D eigenvalue weighted by Gasteiger charge is -2.32. The quantitative estimate of drug-likeness (QED) is 0.242.